The zero-order valence-electron chi connectivity index (χ0n) is 7.98. The number of aromatic nitrogens is 3. The van der Waals surface area contributed by atoms with Gasteiger partial charge in [0.25, 0.3) is 0 Å². The highest BCUT2D eigenvalue weighted by Crippen LogP contribution is 2.23. The normalized spacial score (nSPS) is 10.4. The van der Waals surface area contributed by atoms with E-state index in [-0.39, 0.29) is 0 Å². The first-order chi connectivity index (χ1) is 6.66. The van der Waals surface area contributed by atoms with Gasteiger partial charge >= 0.3 is 0 Å². The van der Waals surface area contributed by atoms with Crippen LogP contribution in [0.1, 0.15) is 11.4 Å². The molecule has 0 amide bonds. The fourth-order valence-corrected chi connectivity index (χ4v) is 1.22. The van der Waals surface area contributed by atoms with Crippen molar-refractivity contribution in [1.29, 1.82) is 0 Å². The fraction of sp³-hybridized carbons (Fsp3) is 0.222. The van der Waals surface area contributed by atoms with Crippen molar-refractivity contribution in [2.75, 3.05) is 5.73 Å². The number of nitrogen functional groups attached to an aromatic ring is 1. The third-order valence-electron chi connectivity index (χ3n) is 1.89. The van der Waals surface area contributed by atoms with Gasteiger partial charge in [0.05, 0.1) is 11.4 Å². The van der Waals surface area contributed by atoms with E-state index in [2.05, 4.69) is 15.4 Å². The van der Waals surface area contributed by atoms with Gasteiger partial charge in [-0.25, -0.2) is 0 Å². The Kier molecular flexibility index (Phi) is 1.92. The van der Waals surface area contributed by atoms with Gasteiger partial charge in [-0.05, 0) is 19.9 Å². The summed E-state index contributed by atoms with van der Waals surface area (Å²) in [5.41, 5.74) is 7.97. The van der Waals surface area contributed by atoms with Crippen molar-refractivity contribution in [2.45, 2.75) is 13.8 Å². The van der Waals surface area contributed by atoms with Crippen LogP contribution >= 0.6 is 0 Å². The number of aryl methyl sites for hydroxylation is 2. The third-order valence-corrected chi connectivity index (χ3v) is 1.89. The topological polar surface area (TPSA) is 77.8 Å². The summed E-state index contributed by atoms with van der Waals surface area (Å²) in [6.45, 7) is 3.73. The quantitative estimate of drug-likeness (QED) is 0.733. The lowest BCUT2D eigenvalue weighted by atomic mass is 10.1. The number of hydrogen-bond acceptors (Lipinski definition) is 5. The van der Waals surface area contributed by atoms with Crippen LogP contribution in [-0.2, 0) is 0 Å². The summed E-state index contributed by atoms with van der Waals surface area (Å²) in [4.78, 5) is 0. The third kappa shape index (κ3) is 1.44. The monoisotopic (exact) mass is 190 g/mol. The molecular formula is C9H10N4O. The van der Waals surface area contributed by atoms with E-state index in [1.807, 2.05) is 19.9 Å². The molecule has 0 saturated carbocycles. The lowest BCUT2D eigenvalue weighted by Crippen LogP contribution is -1.92. The first kappa shape index (κ1) is 8.68. The van der Waals surface area contributed by atoms with Crippen LogP contribution in [0.4, 0.5) is 5.82 Å². The molecule has 0 bridgehead atoms. The summed E-state index contributed by atoms with van der Waals surface area (Å²) in [6, 6.07) is 3.56. The molecule has 0 spiro atoms. The number of nitrogens with zero attached hydrogens (tertiary/aromatic N) is 3. The minimum atomic E-state index is 0.369. The van der Waals surface area contributed by atoms with Crippen LogP contribution < -0.4 is 5.73 Å². The van der Waals surface area contributed by atoms with Crippen molar-refractivity contribution in [2.24, 2.45) is 0 Å². The first-order valence-electron chi connectivity index (χ1n) is 4.20. The molecule has 0 fully saturated rings. The predicted molar refractivity (Wildman–Crippen MR) is 51.4 cm³/mol. The smallest absolute Gasteiger partial charge is 0.171 e. The summed E-state index contributed by atoms with van der Waals surface area (Å²) in [5, 5.41) is 11.5. The standard InChI is InChI=1S/C9H10N4O/c1-5-3-7(6(2)12-11-5)8-4-9(10)13-14-8/h3-4H,1-2H3,(H2,10,13). The highest BCUT2D eigenvalue weighted by Gasteiger charge is 2.09. The summed E-state index contributed by atoms with van der Waals surface area (Å²) in [6.07, 6.45) is 0. The van der Waals surface area contributed by atoms with Gasteiger partial charge in [-0.15, -0.1) is 0 Å². The second-order valence-corrected chi connectivity index (χ2v) is 3.10. The largest absolute Gasteiger partial charge is 0.381 e. The molecule has 2 heterocycles. The van der Waals surface area contributed by atoms with Crippen molar-refractivity contribution in [3.8, 4) is 11.3 Å². The van der Waals surface area contributed by atoms with Crippen LogP contribution in [0.15, 0.2) is 16.7 Å². The maximum Gasteiger partial charge on any atom is 0.171 e. The molecule has 2 aromatic heterocycles. The van der Waals surface area contributed by atoms with Gasteiger partial charge in [-0.1, -0.05) is 5.16 Å². The van der Waals surface area contributed by atoms with Gasteiger partial charge in [-0.3, -0.25) is 0 Å². The van der Waals surface area contributed by atoms with Crippen LogP contribution in [0.25, 0.3) is 11.3 Å². The second kappa shape index (κ2) is 3.10. The van der Waals surface area contributed by atoms with Crippen molar-refractivity contribution in [3.05, 3.63) is 23.5 Å². The molecule has 0 aliphatic heterocycles. The molecule has 2 N–H and O–H groups in total. The van der Waals surface area contributed by atoms with Crippen molar-refractivity contribution < 1.29 is 4.52 Å². The van der Waals surface area contributed by atoms with Gasteiger partial charge in [0, 0.05) is 11.6 Å². The molecule has 0 atom stereocenters. The van der Waals surface area contributed by atoms with Crippen LogP contribution in [0.3, 0.4) is 0 Å². The molecule has 0 aliphatic carbocycles. The number of anilines is 1. The average Bonchev–Trinajstić information content (AvgIpc) is 2.56. The van der Waals surface area contributed by atoms with Gasteiger partial charge < -0.3 is 10.3 Å². The van der Waals surface area contributed by atoms with E-state index in [0.717, 1.165) is 17.0 Å². The minimum absolute atomic E-state index is 0.369. The molecule has 0 aliphatic rings. The molecular weight excluding hydrogens is 180 g/mol. The summed E-state index contributed by atoms with van der Waals surface area (Å²) in [7, 11) is 0. The highest BCUT2D eigenvalue weighted by atomic mass is 16.5. The van der Waals surface area contributed by atoms with Gasteiger partial charge in [0.15, 0.2) is 11.6 Å². The van der Waals surface area contributed by atoms with E-state index in [9.17, 15) is 0 Å². The highest BCUT2D eigenvalue weighted by molar-refractivity contribution is 5.62. The zero-order valence-corrected chi connectivity index (χ0v) is 7.98. The molecule has 72 valence electrons. The van der Waals surface area contributed by atoms with E-state index < -0.39 is 0 Å². The second-order valence-electron chi connectivity index (χ2n) is 3.10. The number of hydrogen-bond donors (Lipinski definition) is 1. The molecule has 5 heteroatoms. The number of rotatable bonds is 1. The molecule has 14 heavy (non-hydrogen) atoms. The van der Waals surface area contributed by atoms with Crippen molar-refractivity contribution in [1.82, 2.24) is 15.4 Å². The van der Waals surface area contributed by atoms with E-state index in [4.69, 9.17) is 10.3 Å². The zero-order chi connectivity index (χ0) is 10.1. The number of nitrogens with two attached hydrogens (primary N) is 1. The first-order valence-corrected chi connectivity index (χ1v) is 4.20. The maximum absolute atomic E-state index is 5.46. The molecule has 5 nitrogen and oxygen atoms in total. The van der Waals surface area contributed by atoms with Gasteiger partial charge in [0.1, 0.15) is 0 Å². The Morgan fingerprint density at radius 2 is 2.00 bits per heavy atom. The van der Waals surface area contributed by atoms with Crippen LogP contribution in [-0.4, -0.2) is 15.4 Å². The Morgan fingerprint density at radius 1 is 1.21 bits per heavy atom. The van der Waals surface area contributed by atoms with E-state index in [1.165, 1.54) is 0 Å². The molecule has 0 aromatic carbocycles. The summed E-state index contributed by atoms with van der Waals surface area (Å²) in [5.74, 6) is 0.992. The van der Waals surface area contributed by atoms with Gasteiger partial charge in [-0.2, -0.15) is 10.2 Å². The van der Waals surface area contributed by atoms with Crippen LogP contribution in [0, 0.1) is 13.8 Å². The Labute approximate surface area is 80.9 Å². The molecule has 2 aromatic rings. The van der Waals surface area contributed by atoms with E-state index >= 15 is 0 Å². The Bertz CT molecular complexity index is 464. The maximum atomic E-state index is 5.46. The molecule has 0 radical (unpaired) electrons. The lowest BCUT2D eigenvalue weighted by molar-refractivity contribution is 0.435. The molecule has 2 rings (SSSR count). The lowest BCUT2D eigenvalue weighted by Gasteiger charge is -1.99. The average molecular weight is 190 g/mol. The van der Waals surface area contributed by atoms with Gasteiger partial charge in [0.2, 0.25) is 0 Å². The molecule has 0 saturated heterocycles. The van der Waals surface area contributed by atoms with Crippen molar-refractivity contribution in [3.63, 3.8) is 0 Å². The minimum Gasteiger partial charge on any atom is -0.381 e. The fourth-order valence-electron chi connectivity index (χ4n) is 1.22. The Balaban J connectivity index is 2.55. The summed E-state index contributed by atoms with van der Waals surface area (Å²) >= 11 is 0. The SMILES string of the molecule is Cc1cc(-c2cc(N)no2)c(C)nn1. The van der Waals surface area contributed by atoms with Crippen LogP contribution in [0.2, 0.25) is 0 Å². The Hall–Kier alpha value is -1.91. The van der Waals surface area contributed by atoms with E-state index in [1.54, 1.807) is 6.07 Å². The Morgan fingerprint density at radius 3 is 2.64 bits per heavy atom. The predicted octanol–water partition coefficient (Wildman–Crippen LogP) is 1.33. The summed E-state index contributed by atoms with van der Waals surface area (Å²) < 4.78 is 5.04. The van der Waals surface area contributed by atoms with Crippen LogP contribution in [0.5, 0.6) is 0 Å². The molecule has 0 unspecified atom stereocenters. The van der Waals surface area contributed by atoms with Crippen molar-refractivity contribution >= 4 is 5.82 Å². The van der Waals surface area contributed by atoms with E-state index in [0.29, 0.717) is 11.6 Å².